The quantitative estimate of drug-likeness (QED) is 0.734. The largest absolute Gasteiger partial charge is 0.348 e. The summed E-state index contributed by atoms with van der Waals surface area (Å²) < 4.78 is 0. The number of rotatable bonds is 8. The molecule has 25 heavy (non-hydrogen) atoms. The van der Waals surface area contributed by atoms with Gasteiger partial charge in [-0.15, -0.1) is 0 Å². The first kappa shape index (κ1) is 18.9. The molecule has 132 valence electrons. The lowest BCUT2D eigenvalue weighted by molar-refractivity contribution is -0.116. The number of hydrogen-bond acceptors (Lipinski definition) is 2. The zero-order valence-corrected chi connectivity index (χ0v) is 15.5. The normalized spacial score (nSPS) is 11.2. The number of nitrogens with one attached hydrogen (secondary N) is 1. The Morgan fingerprint density at radius 1 is 1.04 bits per heavy atom. The fourth-order valence-electron chi connectivity index (χ4n) is 2.76. The van der Waals surface area contributed by atoms with E-state index in [0.29, 0.717) is 6.54 Å². The molecule has 0 aromatic heterocycles. The Balaban J connectivity index is 1.95. The molecule has 0 aliphatic rings. The monoisotopic (exact) mass is 336 g/mol. The SMILES string of the molecule is CCN(CC)Cc1ccccc1CNC(=O)/C=C/c1cccc(C)c1. The highest BCUT2D eigenvalue weighted by Gasteiger charge is 2.06. The molecule has 0 fully saturated rings. The number of aryl methyl sites for hydroxylation is 1. The van der Waals surface area contributed by atoms with E-state index in [1.54, 1.807) is 6.08 Å². The van der Waals surface area contributed by atoms with Gasteiger partial charge in [0.2, 0.25) is 5.91 Å². The van der Waals surface area contributed by atoms with Gasteiger partial charge in [0.15, 0.2) is 0 Å². The molecule has 1 N–H and O–H groups in total. The predicted octanol–water partition coefficient (Wildman–Crippen LogP) is 4.17. The maximum Gasteiger partial charge on any atom is 0.244 e. The maximum absolute atomic E-state index is 12.1. The van der Waals surface area contributed by atoms with Crippen molar-refractivity contribution in [2.24, 2.45) is 0 Å². The first-order chi connectivity index (χ1) is 12.1. The molecule has 3 heteroatoms. The van der Waals surface area contributed by atoms with Crippen molar-refractivity contribution in [3.05, 3.63) is 76.9 Å². The number of carbonyl (C=O) groups is 1. The number of amides is 1. The molecule has 0 atom stereocenters. The van der Waals surface area contributed by atoms with Crippen LogP contribution in [0.15, 0.2) is 54.6 Å². The van der Waals surface area contributed by atoms with E-state index < -0.39 is 0 Å². The van der Waals surface area contributed by atoms with Gasteiger partial charge in [-0.1, -0.05) is 67.9 Å². The Morgan fingerprint density at radius 2 is 1.76 bits per heavy atom. The summed E-state index contributed by atoms with van der Waals surface area (Å²) in [5.41, 5.74) is 4.67. The Hall–Kier alpha value is -2.39. The van der Waals surface area contributed by atoms with Crippen molar-refractivity contribution >= 4 is 12.0 Å². The van der Waals surface area contributed by atoms with E-state index in [-0.39, 0.29) is 5.91 Å². The van der Waals surface area contributed by atoms with E-state index in [9.17, 15) is 4.79 Å². The van der Waals surface area contributed by atoms with Gasteiger partial charge in [-0.05, 0) is 42.8 Å². The molecule has 0 saturated carbocycles. The van der Waals surface area contributed by atoms with Crippen LogP contribution in [0, 0.1) is 6.92 Å². The van der Waals surface area contributed by atoms with Crippen LogP contribution in [0.1, 0.15) is 36.1 Å². The molecule has 0 bridgehead atoms. The Labute approximate surface area is 151 Å². The van der Waals surface area contributed by atoms with Gasteiger partial charge in [0, 0.05) is 19.2 Å². The molecular formula is C22H28N2O. The first-order valence-corrected chi connectivity index (χ1v) is 8.94. The van der Waals surface area contributed by atoms with Crippen LogP contribution in [-0.4, -0.2) is 23.9 Å². The minimum atomic E-state index is -0.0702. The van der Waals surface area contributed by atoms with Crippen molar-refractivity contribution < 1.29 is 4.79 Å². The summed E-state index contributed by atoms with van der Waals surface area (Å²) in [6.45, 7) is 9.90. The summed E-state index contributed by atoms with van der Waals surface area (Å²) in [5, 5.41) is 2.99. The highest BCUT2D eigenvalue weighted by atomic mass is 16.1. The van der Waals surface area contributed by atoms with Gasteiger partial charge in [0.05, 0.1) is 0 Å². The molecule has 1 amide bonds. The third-order valence-corrected chi connectivity index (χ3v) is 4.33. The zero-order chi connectivity index (χ0) is 18.1. The molecule has 0 aliphatic heterocycles. The second-order valence-electron chi connectivity index (χ2n) is 6.20. The highest BCUT2D eigenvalue weighted by Crippen LogP contribution is 2.12. The summed E-state index contributed by atoms with van der Waals surface area (Å²) in [7, 11) is 0. The minimum Gasteiger partial charge on any atom is -0.348 e. The molecule has 2 aromatic rings. The Morgan fingerprint density at radius 3 is 2.44 bits per heavy atom. The Bertz CT molecular complexity index is 717. The number of nitrogens with zero attached hydrogens (tertiary/aromatic N) is 1. The van der Waals surface area contributed by atoms with Crippen LogP contribution >= 0.6 is 0 Å². The van der Waals surface area contributed by atoms with Crippen LogP contribution in [0.3, 0.4) is 0 Å². The van der Waals surface area contributed by atoms with Crippen molar-refractivity contribution in [2.45, 2.75) is 33.9 Å². The Kier molecular flexibility index (Phi) is 7.42. The molecule has 0 saturated heterocycles. The molecule has 0 unspecified atom stereocenters. The zero-order valence-electron chi connectivity index (χ0n) is 15.5. The second kappa shape index (κ2) is 9.80. The van der Waals surface area contributed by atoms with Crippen molar-refractivity contribution in [3.8, 4) is 0 Å². The van der Waals surface area contributed by atoms with Gasteiger partial charge in [0.25, 0.3) is 0 Å². The van der Waals surface area contributed by atoms with Crippen molar-refractivity contribution in [1.29, 1.82) is 0 Å². The number of hydrogen-bond donors (Lipinski definition) is 1. The van der Waals surface area contributed by atoms with Gasteiger partial charge in [-0.2, -0.15) is 0 Å². The highest BCUT2D eigenvalue weighted by molar-refractivity contribution is 5.91. The van der Waals surface area contributed by atoms with Gasteiger partial charge < -0.3 is 5.32 Å². The van der Waals surface area contributed by atoms with Gasteiger partial charge in [-0.3, -0.25) is 9.69 Å². The lowest BCUT2D eigenvalue weighted by atomic mass is 10.1. The third-order valence-electron chi connectivity index (χ3n) is 4.33. The van der Waals surface area contributed by atoms with E-state index in [2.05, 4.69) is 48.3 Å². The van der Waals surface area contributed by atoms with E-state index in [0.717, 1.165) is 25.2 Å². The van der Waals surface area contributed by atoms with Gasteiger partial charge in [-0.25, -0.2) is 0 Å². The fraction of sp³-hybridized carbons (Fsp3) is 0.318. The van der Waals surface area contributed by atoms with Gasteiger partial charge in [0.1, 0.15) is 0 Å². The number of carbonyl (C=O) groups excluding carboxylic acids is 1. The van der Waals surface area contributed by atoms with E-state index in [4.69, 9.17) is 0 Å². The number of benzene rings is 2. The van der Waals surface area contributed by atoms with E-state index >= 15 is 0 Å². The topological polar surface area (TPSA) is 32.3 Å². The summed E-state index contributed by atoms with van der Waals surface area (Å²) in [5.74, 6) is -0.0702. The molecule has 3 nitrogen and oxygen atoms in total. The van der Waals surface area contributed by atoms with E-state index in [1.165, 1.54) is 16.7 Å². The van der Waals surface area contributed by atoms with E-state index in [1.807, 2.05) is 37.3 Å². The predicted molar refractivity (Wildman–Crippen MR) is 105 cm³/mol. The van der Waals surface area contributed by atoms with Crippen molar-refractivity contribution in [3.63, 3.8) is 0 Å². The average Bonchev–Trinajstić information content (AvgIpc) is 2.63. The molecule has 2 aromatic carbocycles. The fourth-order valence-corrected chi connectivity index (χ4v) is 2.76. The molecule has 0 aliphatic carbocycles. The lowest BCUT2D eigenvalue weighted by Gasteiger charge is -2.20. The summed E-state index contributed by atoms with van der Waals surface area (Å²) >= 11 is 0. The summed E-state index contributed by atoms with van der Waals surface area (Å²) in [4.78, 5) is 14.5. The standard InChI is InChI=1S/C22H28N2O/c1-4-24(5-2)17-21-12-7-6-11-20(21)16-23-22(25)14-13-19-10-8-9-18(3)15-19/h6-15H,4-5,16-17H2,1-3H3,(H,23,25)/b14-13+. The third kappa shape index (κ3) is 6.20. The second-order valence-corrected chi connectivity index (χ2v) is 6.20. The molecule has 0 radical (unpaired) electrons. The minimum absolute atomic E-state index is 0.0702. The van der Waals surface area contributed by atoms with Crippen LogP contribution in [0.4, 0.5) is 0 Å². The summed E-state index contributed by atoms with van der Waals surface area (Å²) in [6.07, 6.45) is 3.45. The summed E-state index contributed by atoms with van der Waals surface area (Å²) in [6, 6.07) is 16.4. The maximum atomic E-state index is 12.1. The van der Waals surface area contributed by atoms with Crippen LogP contribution in [0.5, 0.6) is 0 Å². The lowest BCUT2D eigenvalue weighted by Crippen LogP contribution is -2.25. The van der Waals surface area contributed by atoms with Crippen LogP contribution < -0.4 is 5.32 Å². The average molecular weight is 336 g/mol. The van der Waals surface area contributed by atoms with Crippen molar-refractivity contribution in [1.82, 2.24) is 10.2 Å². The van der Waals surface area contributed by atoms with Crippen molar-refractivity contribution in [2.75, 3.05) is 13.1 Å². The van der Waals surface area contributed by atoms with Crippen LogP contribution in [0.25, 0.3) is 6.08 Å². The van der Waals surface area contributed by atoms with Gasteiger partial charge >= 0.3 is 0 Å². The molecule has 0 heterocycles. The smallest absolute Gasteiger partial charge is 0.244 e. The first-order valence-electron chi connectivity index (χ1n) is 8.94. The van der Waals surface area contributed by atoms with Crippen LogP contribution in [0.2, 0.25) is 0 Å². The van der Waals surface area contributed by atoms with Crippen LogP contribution in [-0.2, 0) is 17.9 Å². The molecule has 2 rings (SSSR count). The molecular weight excluding hydrogens is 308 g/mol. The molecule has 0 spiro atoms.